The van der Waals surface area contributed by atoms with Crippen molar-refractivity contribution in [2.45, 2.75) is 37.9 Å². The van der Waals surface area contributed by atoms with Crippen molar-refractivity contribution in [3.05, 3.63) is 88.6 Å². The minimum Gasteiger partial charge on any atom is -0.467 e. The summed E-state index contributed by atoms with van der Waals surface area (Å²) in [4.78, 5) is 30.3. The zero-order chi connectivity index (χ0) is 22.3. The molecule has 164 valence electrons. The van der Waals surface area contributed by atoms with Crippen LogP contribution in [-0.4, -0.2) is 21.2 Å². The Morgan fingerprint density at radius 3 is 2.66 bits per heavy atom. The van der Waals surface area contributed by atoms with E-state index in [1.54, 1.807) is 29.0 Å². The number of aromatic nitrogens is 2. The summed E-state index contributed by atoms with van der Waals surface area (Å²) >= 11 is 1.24. The molecule has 0 radical (unpaired) electrons. The van der Waals surface area contributed by atoms with E-state index < -0.39 is 0 Å². The Balaban J connectivity index is 1.49. The summed E-state index contributed by atoms with van der Waals surface area (Å²) in [6.45, 7) is 2.43. The van der Waals surface area contributed by atoms with Gasteiger partial charge in [-0.15, -0.1) is 0 Å². The van der Waals surface area contributed by atoms with Gasteiger partial charge in [-0.05, 0) is 54.8 Å². The molecule has 4 aromatic rings. The van der Waals surface area contributed by atoms with E-state index in [4.69, 9.17) is 4.42 Å². The Bertz CT molecular complexity index is 1250. The fourth-order valence-electron chi connectivity index (χ4n) is 3.42. The molecule has 1 N–H and O–H groups in total. The predicted molar refractivity (Wildman–Crippen MR) is 128 cm³/mol. The topological polar surface area (TPSA) is 77.1 Å². The molecule has 0 saturated carbocycles. The molecule has 0 atom stereocenters. The second kappa shape index (κ2) is 10.3. The minimum absolute atomic E-state index is 0.139. The summed E-state index contributed by atoms with van der Waals surface area (Å²) in [6.07, 6.45) is 4.92. The SMILES string of the molecule is CCCCc1ccc(NC(=O)CSc2nc3ccccc3c(=O)n2Cc2ccco2)cc1. The minimum atomic E-state index is -0.155. The normalized spacial score (nSPS) is 11.0. The van der Waals surface area contributed by atoms with Crippen LogP contribution in [0.25, 0.3) is 10.9 Å². The van der Waals surface area contributed by atoms with Crippen molar-refractivity contribution < 1.29 is 9.21 Å². The van der Waals surface area contributed by atoms with Gasteiger partial charge in [0.15, 0.2) is 5.16 Å². The number of thioether (sulfide) groups is 1. The van der Waals surface area contributed by atoms with Crippen molar-refractivity contribution in [2.24, 2.45) is 0 Å². The number of aryl methyl sites for hydroxylation is 1. The monoisotopic (exact) mass is 447 g/mol. The number of fused-ring (bicyclic) bond motifs is 1. The van der Waals surface area contributed by atoms with Crippen molar-refractivity contribution in [2.75, 3.05) is 11.1 Å². The smallest absolute Gasteiger partial charge is 0.262 e. The van der Waals surface area contributed by atoms with Gasteiger partial charge in [-0.2, -0.15) is 0 Å². The zero-order valence-electron chi connectivity index (χ0n) is 17.9. The van der Waals surface area contributed by atoms with Crippen LogP contribution in [0.3, 0.4) is 0 Å². The van der Waals surface area contributed by atoms with Gasteiger partial charge in [-0.25, -0.2) is 4.98 Å². The fraction of sp³-hybridized carbons (Fsp3) is 0.240. The van der Waals surface area contributed by atoms with Crippen LogP contribution in [0.4, 0.5) is 5.69 Å². The number of unbranched alkanes of at least 4 members (excludes halogenated alkanes) is 1. The van der Waals surface area contributed by atoms with Crippen LogP contribution in [0.15, 0.2) is 81.3 Å². The van der Waals surface area contributed by atoms with Crippen LogP contribution in [0.5, 0.6) is 0 Å². The first-order chi connectivity index (χ1) is 15.6. The first-order valence-corrected chi connectivity index (χ1v) is 11.7. The lowest BCUT2D eigenvalue weighted by molar-refractivity contribution is -0.113. The number of nitrogens with zero attached hydrogens (tertiary/aromatic N) is 2. The summed E-state index contributed by atoms with van der Waals surface area (Å²) in [6, 6.07) is 18.8. The molecular formula is C25H25N3O3S. The maximum Gasteiger partial charge on any atom is 0.262 e. The molecule has 4 rings (SSSR count). The van der Waals surface area contributed by atoms with Crippen LogP contribution in [0.2, 0.25) is 0 Å². The molecule has 2 aromatic heterocycles. The van der Waals surface area contributed by atoms with E-state index in [1.807, 2.05) is 42.5 Å². The van der Waals surface area contributed by atoms with Crippen LogP contribution in [0, 0.1) is 0 Å². The lowest BCUT2D eigenvalue weighted by atomic mass is 10.1. The maximum atomic E-state index is 13.1. The van der Waals surface area contributed by atoms with E-state index >= 15 is 0 Å². The summed E-state index contributed by atoms with van der Waals surface area (Å²) in [7, 11) is 0. The van der Waals surface area contributed by atoms with E-state index in [9.17, 15) is 9.59 Å². The van der Waals surface area contributed by atoms with Crippen LogP contribution >= 0.6 is 11.8 Å². The van der Waals surface area contributed by atoms with Crippen LogP contribution < -0.4 is 10.9 Å². The molecule has 0 spiro atoms. The van der Waals surface area contributed by atoms with Gasteiger partial charge in [0.1, 0.15) is 5.76 Å². The second-order valence-electron chi connectivity index (χ2n) is 7.52. The average Bonchev–Trinajstić information content (AvgIpc) is 3.33. The first-order valence-electron chi connectivity index (χ1n) is 10.7. The number of carbonyl (C=O) groups excluding carboxylic acids is 1. The number of benzene rings is 2. The molecule has 2 heterocycles. The van der Waals surface area contributed by atoms with Gasteiger partial charge in [0.2, 0.25) is 5.91 Å². The number of furan rings is 1. The van der Waals surface area contributed by atoms with Gasteiger partial charge in [0.25, 0.3) is 5.56 Å². The van der Waals surface area contributed by atoms with Gasteiger partial charge in [0, 0.05) is 5.69 Å². The Morgan fingerprint density at radius 1 is 1.09 bits per heavy atom. The molecule has 2 aromatic carbocycles. The maximum absolute atomic E-state index is 13.1. The van der Waals surface area contributed by atoms with Crippen LogP contribution in [-0.2, 0) is 17.8 Å². The van der Waals surface area contributed by atoms with E-state index in [2.05, 4.69) is 17.2 Å². The third-order valence-electron chi connectivity index (χ3n) is 5.11. The molecule has 0 bridgehead atoms. The molecule has 6 nitrogen and oxygen atoms in total. The number of carbonyl (C=O) groups is 1. The first kappa shape index (κ1) is 21.9. The molecule has 7 heteroatoms. The number of hydrogen-bond acceptors (Lipinski definition) is 5. The number of para-hydroxylation sites is 1. The average molecular weight is 448 g/mol. The zero-order valence-corrected chi connectivity index (χ0v) is 18.7. The Kier molecular flexibility index (Phi) is 7.07. The highest BCUT2D eigenvalue weighted by atomic mass is 32.2. The quantitative estimate of drug-likeness (QED) is 0.285. The molecule has 0 aliphatic carbocycles. The van der Waals surface area contributed by atoms with Gasteiger partial charge >= 0.3 is 0 Å². The van der Waals surface area contributed by atoms with Crippen molar-refractivity contribution in [1.29, 1.82) is 0 Å². The Labute approximate surface area is 190 Å². The van der Waals surface area contributed by atoms with E-state index in [0.717, 1.165) is 24.9 Å². The molecule has 0 unspecified atom stereocenters. The van der Waals surface area contributed by atoms with Gasteiger partial charge in [-0.3, -0.25) is 14.2 Å². The highest BCUT2D eigenvalue weighted by Gasteiger charge is 2.14. The lowest BCUT2D eigenvalue weighted by Gasteiger charge is -2.12. The molecule has 0 aliphatic heterocycles. The van der Waals surface area contributed by atoms with Crippen molar-refractivity contribution >= 4 is 34.3 Å². The van der Waals surface area contributed by atoms with Crippen molar-refractivity contribution in [1.82, 2.24) is 9.55 Å². The third-order valence-corrected chi connectivity index (χ3v) is 6.09. The summed E-state index contributed by atoms with van der Waals surface area (Å²) in [5, 5.41) is 3.94. The third kappa shape index (κ3) is 5.29. The van der Waals surface area contributed by atoms with Crippen molar-refractivity contribution in [3.8, 4) is 0 Å². The fourth-order valence-corrected chi connectivity index (χ4v) is 4.22. The lowest BCUT2D eigenvalue weighted by Crippen LogP contribution is -2.24. The predicted octanol–water partition coefficient (Wildman–Crippen LogP) is 5.11. The van der Waals surface area contributed by atoms with Gasteiger partial charge < -0.3 is 9.73 Å². The van der Waals surface area contributed by atoms with Gasteiger partial charge in [-0.1, -0.05) is 49.4 Å². The molecular weight excluding hydrogens is 422 g/mol. The summed E-state index contributed by atoms with van der Waals surface area (Å²) in [5.74, 6) is 0.641. The highest BCUT2D eigenvalue weighted by Crippen LogP contribution is 2.20. The molecule has 0 saturated heterocycles. The largest absolute Gasteiger partial charge is 0.467 e. The van der Waals surface area contributed by atoms with E-state index in [-0.39, 0.29) is 23.8 Å². The summed E-state index contributed by atoms with van der Waals surface area (Å²) in [5.41, 5.74) is 2.48. The molecule has 0 aliphatic rings. The second-order valence-corrected chi connectivity index (χ2v) is 8.46. The number of nitrogens with one attached hydrogen (secondary N) is 1. The summed E-state index contributed by atoms with van der Waals surface area (Å²) < 4.78 is 6.98. The number of hydrogen-bond donors (Lipinski definition) is 1. The molecule has 0 fully saturated rings. The number of anilines is 1. The highest BCUT2D eigenvalue weighted by molar-refractivity contribution is 7.99. The Morgan fingerprint density at radius 2 is 1.91 bits per heavy atom. The van der Waals surface area contributed by atoms with Gasteiger partial charge in [0.05, 0.1) is 29.5 Å². The molecule has 32 heavy (non-hydrogen) atoms. The van der Waals surface area contributed by atoms with Crippen LogP contribution in [0.1, 0.15) is 31.1 Å². The standard InChI is InChI=1S/C25H25N3O3S/c1-2-3-7-18-11-13-19(14-12-18)26-23(29)17-32-25-27-22-10-5-4-9-21(22)24(30)28(25)16-20-8-6-15-31-20/h4-6,8-15H,2-3,7,16-17H2,1H3,(H,26,29). The van der Waals surface area contributed by atoms with E-state index in [0.29, 0.717) is 21.8 Å². The Hall–Kier alpha value is -3.32. The van der Waals surface area contributed by atoms with E-state index in [1.165, 1.54) is 17.3 Å². The number of amides is 1. The number of rotatable bonds is 9. The van der Waals surface area contributed by atoms with Crippen molar-refractivity contribution in [3.63, 3.8) is 0 Å². The molecule has 1 amide bonds.